The van der Waals surface area contributed by atoms with Gasteiger partial charge < -0.3 is 9.32 Å². The van der Waals surface area contributed by atoms with Crippen LogP contribution in [-0.2, 0) is 6.54 Å². The van der Waals surface area contributed by atoms with Crippen LogP contribution in [0.4, 0.5) is 5.82 Å². The fraction of sp³-hybridized carbons (Fsp3) is 0.500. The van der Waals surface area contributed by atoms with Crippen LogP contribution in [0.25, 0.3) is 0 Å². The lowest BCUT2D eigenvalue weighted by Crippen LogP contribution is -2.47. The third-order valence-electron chi connectivity index (χ3n) is 4.95. The van der Waals surface area contributed by atoms with Gasteiger partial charge in [0.1, 0.15) is 25.5 Å². The van der Waals surface area contributed by atoms with Crippen LogP contribution >= 0.6 is 0 Å². The van der Waals surface area contributed by atoms with Crippen molar-refractivity contribution in [1.82, 2.24) is 25.2 Å². The fourth-order valence-electron chi connectivity index (χ4n) is 3.30. The van der Waals surface area contributed by atoms with Gasteiger partial charge in [-0.3, -0.25) is 20.1 Å². The Bertz CT molecular complexity index is 916. The van der Waals surface area contributed by atoms with Crippen molar-refractivity contribution in [1.29, 1.82) is 5.26 Å². The van der Waals surface area contributed by atoms with Crippen LogP contribution < -0.4 is 15.9 Å². The zero-order valence-corrected chi connectivity index (χ0v) is 18.1. The SMILES string of the molecule is Bc1cnc(C#N)nc1N(CC(C)C)NC(=O)c1ccc(CN2CCN(C)CC2)o1. The number of nitrogens with zero attached hydrogens (tertiary/aromatic N) is 6. The lowest BCUT2D eigenvalue weighted by atomic mass is 9.98. The Hall–Kier alpha value is -2.90. The number of carbonyl (C=O) groups excluding carboxylic acids is 1. The van der Waals surface area contributed by atoms with Crippen LogP contribution in [0.1, 0.15) is 36.0 Å². The lowest BCUT2D eigenvalue weighted by Gasteiger charge is -2.31. The van der Waals surface area contributed by atoms with E-state index in [0.717, 1.165) is 37.4 Å². The first-order valence-corrected chi connectivity index (χ1v) is 10.2. The Labute approximate surface area is 178 Å². The molecule has 1 N–H and O–H groups in total. The van der Waals surface area contributed by atoms with E-state index in [1.165, 1.54) is 0 Å². The molecule has 1 fully saturated rings. The van der Waals surface area contributed by atoms with Gasteiger partial charge in [0.05, 0.1) is 6.54 Å². The van der Waals surface area contributed by atoms with E-state index in [1.807, 2.05) is 33.8 Å². The monoisotopic (exact) mass is 409 g/mol. The van der Waals surface area contributed by atoms with Gasteiger partial charge in [0.25, 0.3) is 0 Å². The van der Waals surface area contributed by atoms with Crippen molar-refractivity contribution in [2.75, 3.05) is 44.8 Å². The van der Waals surface area contributed by atoms with Crippen LogP contribution in [-0.4, -0.2) is 73.3 Å². The molecule has 3 rings (SSSR count). The van der Waals surface area contributed by atoms with E-state index in [0.29, 0.717) is 18.9 Å². The first-order chi connectivity index (χ1) is 14.4. The number of nitrogens with one attached hydrogen (secondary N) is 1. The maximum absolute atomic E-state index is 12.8. The maximum atomic E-state index is 12.8. The summed E-state index contributed by atoms with van der Waals surface area (Å²) in [6.07, 6.45) is 1.58. The summed E-state index contributed by atoms with van der Waals surface area (Å²) in [5, 5.41) is 10.8. The van der Waals surface area contributed by atoms with Crippen LogP contribution in [0.15, 0.2) is 22.7 Å². The minimum absolute atomic E-state index is 0.0612. The fourth-order valence-corrected chi connectivity index (χ4v) is 3.30. The summed E-state index contributed by atoms with van der Waals surface area (Å²) in [5.41, 5.74) is 3.65. The number of likely N-dealkylation sites (N-methyl/N-ethyl adjacent to an activating group) is 1. The van der Waals surface area contributed by atoms with Gasteiger partial charge in [0, 0.05) is 38.9 Å². The highest BCUT2D eigenvalue weighted by Crippen LogP contribution is 2.14. The van der Waals surface area contributed by atoms with Crippen molar-refractivity contribution < 1.29 is 9.21 Å². The van der Waals surface area contributed by atoms with Gasteiger partial charge >= 0.3 is 5.91 Å². The second-order valence-electron chi connectivity index (χ2n) is 8.10. The summed E-state index contributed by atoms with van der Waals surface area (Å²) in [4.78, 5) is 25.7. The van der Waals surface area contributed by atoms with Crippen molar-refractivity contribution in [3.63, 3.8) is 0 Å². The molecule has 0 radical (unpaired) electrons. The molecule has 2 aromatic heterocycles. The summed E-state index contributed by atoms with van der Waals surface area (Å²) in [7, 11) is 3.96. The highest BCUT2D eigenvalue weighted by atomic mass is 16.4. The molecule has 9 nitrogen and oxygen atoms in total. The standard InChI is InChI=1S/C20H28BN7O2/c1-14(2)12-28(19-16(21)11-23-18(10-22)24-19)25-20(29)17-5-4-15(30-17)13-27-8-6-26(3)7-9-27/h4-5,11,14H,6-9,12-13,21H2,1-3H3,(H,25,29). The number of hydrogen-bond acceptors (Lipinski definition) is 8. The number of nitriles is 1. The number of piperazine rings is 1. The molecule has 10 heteroatoms. The quantitative estimate of drug-likeness (QED) is 0.494. The number of aromatic nitrogens is 2. The molecule has 158 valence electrons. The van der Waals surface area contributed by atoms with Gasteiger partial charge in [-0.25, -0.2) is 9.97 Å². The third-order valence-corrected chi connectivity index (χ3v) is 4.95. The smallest absolute Gasteiger partial charge is 0.305 e. The van der Waals surface area contributed by atoms with Crippen molar-refractivity contribution in [2.45, 2.75) is 20.4 Å². The summed E-state index contributed by atoms with van der Waals surface area (Å²) < 4.78 is 5.81. The van der Waals surface area contributed by atoms with Gasteiger partial charge in [0.15, 0.2) is 5.76 Å². The number of furan rings is 1. The number of hydrazine groups is 1. The minimum Gasteiger partial charge on any atom is -0.454 e. The molecule has 1 aliphatic heterocycles. The molecule has 0 aliphatic carbocycles. The van der Waals surface area contributed by atoms with Crippen molar-refractivity contribution in [2.24, 2.45) is 5.92 Å². The molecule has 1 aliphatic rings. The number of anilines is 1. The molecule has 30 heavy (non-hydrogen) atoms. The molecule has 0 unspecified atom stereocenters. The molecule has 0 aromatic carbocycles. The van der Waals surface area contributed by atoms with E-state index in [2.05, 4.69) is 32.2 Å². The summed E-state index contributed by atoms with van der Waals surface area (Å²) >= 11 is 0. The molecule has 1 amide bonds. The van der Waals surface area contributed by atoms with E-state index in [9.17, 15) is 4.79 Å². The normalized spacial score (nSPS) is 15.2. The van der Waals surface area contributed by atoms with Gasteiger partial charge in [-0.2, -0.15) is 5.26 Å². The molecule has 0 spiro atoms. The summed E-state index contributed by atoms with van der Waals surface area (Å²) in [6, 6.07) is 5.49. The number of rotatable bonds is 7. The Kier molecular flexibility index (Phi) is 7.08. The van der Waals surface area contributed by atoms with Crippen molar-refractivity contribution >= 4 is 25.0 Å². The molecule has 0 bridgehead atoms. The number of carbonyl (C=O) groups is 1. The molecule has 0 saturated carbocycles. The lowest BCUT2D eigenvalue weighted by molar-refractivity contribution is 0.0912. The molecular formula is C20H28BN7O2. The molecule has 2 aromatic rings. The Morgan fingerprint density at radius 3 is 2.77 bits per heavy atom. The zero-order valence-electron chi connectivity index (χ0n) is 18.1. The van der Waals surface area contributed by atoms with Crippen molar-refractivity contribution in [3.05, 3.63) is 35.7 Å². The predicted molar refractivity (Wildman–Crippen MR) is 116 cm³/mol. The zero-order chi connectivity index (χ0) is 21.7. The molecule has 0 atom stereocenters. The van der Waals surface area contributed by atoms with E-state index >= 15 is 0 Å². The topological polar surface area (TPSA) is 102 Å². The van der Waals surface area contributed by atoms with Gasteiger partial charge in [-0.15, -0.1) is 0 Å². The molecular weight excluding hydrogens is 381 g/mol. The average Bonchev–Trinajstić information content (AvgIpc) is 3.18. The largest absolute Gasteiger partial charge is 0.454 e. The van der Waals surface area contributed by atoms with Crippen LogP contribution in [0.3, 0.4) is 0 Å². The van der Waals surface area contributed by atoms with Crippen LogP contribution in [0.2, 0.25) is 0 Å². The Morgan fingerprint density at radius 2 is 2.10 bits per heavy atom. The van der Waals surface area contributed by atoms with Gasteiger partial charge in [-0.1, -0.05) is 13.8 Å². The van der Waals surface area contributed by atoms with Crippen LogP contribution in [0, 0.1) is 17.2 Å². The summed E-state index contributed by atoms with van der Waals surface area (Å²) in [5.74, 6) is 1.50. The minimum atomic E-state index is -0.350. The van der Waals surface area contributed by atoms with Crippen LogP contribution in [0.5, 0.6) is 0 Å². The second kappa shape index (κ2) is 9.74. The van der Waals surface area contributed by atoms with Gasteiger partial charge in [-0.05, 0) is 30.6 Å². The first kappa shape index (κ1) is 21.8. The van der Waals surface area contributed by atoms with E-state index in [-0.39, 0.29) is 23.4 Å². The first-order valence-electron chi connectivity index (χ1n) is 10.2. The van der Waals surface area contributed by atoms with E-state index in [1.54, 1.807) is 17.3 Å². The number of hydrogen-bond donors (Lipinski definition) is 1. The second-order valence-corrected chi connectivity index (χ2v) is 8.10. The summed E-state index contributed by atoms with van der Waals surface area (Å²) in [6.45, 7) is 9.33. The highest BCUT2D eigenvalue weighted by Gasteiger charge is 2.21. The van der Waals surface area contributed by atoms with Gasteiger partial charge in [0.2, 0.25) is 5.82 Å². The average molecular weight is 409 g/mol. The Balaban J connectivity index is 1.70. The van der Waals surface area contributed by atoms with E-state index < -0.39 is 0 Å². The van der Waals surface area contributed by atoms with E-state index in [4.69, 9.17) is 9.68 Å². The number of amides is 1. The van der Waals surface area contributed by atoms with Crippen molar-refractivity contribution in [3.8, 4) is 6.07 Å². The molecule has 3 heterocycles. The molecule has 1 saturated heterocycles. The highest BCUT2D eigenvalue weighted by molar-refractivity contribution is 6.35. The third kappa shape index (κ3) is 5.59. The predicted octanol–water partition coefficient (Wildman–Crippen LogP) is -0.246. The Morgan fingerprint density at radius 1 is 1.37 bits per heavy atom. The maximum Gasteiger partial charge on any atom is 0.305 e.